The maximum atomic E-state index is 6.30. The van der Waals surface area contributed by atoms with Gasteiger partial charge in [-0.05, 0) is 35.4 Å². The summed E-state index contributed by atoms with van der Waals surface area (Å²) in [7, 11) is 0. The van der Waals surface area contributed by atoms with E-state index in [0.29, 0.717) is 21.9 Å². The summed E-state index contributed by atoms with van der Waals surface area (Å²) < 4.78 is 0. The van der Waals surface area contributed by atoms with Crippen LogP contribution in [0.3, 0.4) is 0 Å². The number of hydrogen-bond donors (Lipinski definition) is 2. The van der Waals surface area contributed by atoms with Crippen LogP contribution in [0.1, 0.15) is 29.5 Å². The van der Waals surface area contributed by atoms with Gasteiger partial charge in [-0.3, -0.25) is 11.3 Å². The Hall–Kier alpha value is -1.06. The normalized spacial score (nSPS) is 22.6. The summed E-state index contributed by atoms with van der Waals surface area (Å²) in [4.78, 5) is 0. The smallest absolute Gasteiger partial charge is 0.0640 e. The summed E-state index contributed by atoms with van der Waals surface area (Å²) in [6.45, 7) is 0. The zero-order valence-corrected chi connectivity index (χ0v) is 12.4. The van der Waals surface area contributed by atoms with E-state index in [1.807, 2.05) is 18.2 Å². The molecule has 2 aromatic rings. The summed E-state index contributed by atoms with van der Waals surface area (Å²) in [5, 5.41) is 1.16. The van der Waals surface area contributed by atoms with Crippen LogP contribution in [0, 0.1) is 5.92 Å². The SMILES string of the molecule is NNC(c1cccc(Cl)c1Cl)C1CC1c1ccccc1. The first-order valence-electron chi connectivity index (χ1n) is 6.67. The molecule has 2 nitrogen and oxygen atoms in total. The number of hydrazine groups is 1. The van der Waals surface area contributed by atoms with Crippen molar-refractivity contribution >= 4 is 23.2 Å². The summed E-state index contributed by atoms with van der Waals surface area (Å²) >= 11 is 12.4. The molecule has 0 heterocycles. The second kappa shape index (κ2) is 5.74. The fourth-order valence-electron chi connectivity index (χ4n) is 2.87. The Morgan fingerprint density at radius 1 is 1.05 bits per heavy atom. The molecule has 2 aromatic carbocycles. The lowest BCUT2D eigenvalue weighted by molar-refractivity contribution is 0.487. The van der Waals surface area contributed by atoms with Gasteiger partial charge in [-0.1, -0.05) is 65.7 Å². The highest BCUT2D eigenvalue weighted by Crippen LogP contribution is 2.54. The van der Waals surface area contributed by atoms with E-state index in [9.17, 15) is 0 Å². The van der Waals surface area contributed by atoms with Crippen LogP contribution in [0.25, 0.3) is 0 Å². The number of halogens is 2. The number of hydrogen-bond acceptors (Lipinski definition) is 2. The molecule has 1 aliphatic rings. The minimum Gasteiger partial charge on any atom is -0.271 e. The monoisotopic (exact) mass is 306 g/mol. The van der Waals surface area contributed by atoms with Gasteiger partial charge in [-0.2, -0.15) is 0 Å². The average molecular weight is 307 g/mol. The van der Waals surface area contributed by atoms with Gasteiger partial charge in [-0.15, -0.1) is 0 Å². The Kier molecular flexibility index (Phi) is 3.99. The highest BCUT2D eigenvalue weighted by atomic mass is 35.5. The Balaban J connectivity index is 1.84. The number of benzene rings is 2. The molecule has 3 N–H and O–H groups in total. The van der Waals surface area contributed by atoms with E-state index in [1.54, 1.807) is 6.07 Å². The highest BCUT2D eigenvalue weighted by Gasteiger charge is 2.44. The molecule has 0 amide bonds. The fourth-order valence-corrected chi connectivity index (χ4v) is 3.30. The van der Waals surface area contributed by atoms with E-state index < -0.39 is 0 Å². The predicted octanol–water partition coefficient (Wildman–Crippen LogP) is 4.30. The molecular weight excluding hydrogens is 291 g/mol. The molecule has 20 heavy (non-hydrogen) atoms. The van der Waals surface area contributed by atoms with Crippen molar-refractivity contribution in [3.8, 4) is 0 Å². The third-order valence-electron chi connectivity index (χ3n) is 3.99. The lowest BCUT2D eigenvalue weighted by Crippen LogP contribution is -2.30. The number of rotatable bonds is 4. The van der Waals surface area contributed by atoms with Crippen LogP contribution in [-0.4, -0.2) is 0 Å². The maximum Gasteiger partial charge on any atom is 0.0640 e. The van der Waals surface area contributed by atoms with Crippen LogP contribution in [0.4, 0.5) is 0 Å². The zero-order valence-electron chi connectivity index (χ0n) is 10.9. The Morgan fingerprint density at radius 2 is 1.80 bits per heavy atom. The fraction of sp³-hybridized carbons (Fsp3) is 0.250. The molecule has 3 unspecified atom stereocenters. The quantitative estimate of drug-likeness (QED) is 0.653. The molecule has 0 aromatic heterocycles. The third kappa shape index (κ3) is 2.57. The number of nitrogens with one attached hydrogen (secondary N) is 1. The van der Waals surface area contributed by atoms with Crippen molar-refractivity contribution in [2.75, 3.05) is 0 Å². The summed E-state index contributed by atoms with van der Waals surface area (Å²) in [6, 6.07) is 16.2. The molecule has 1 saturated carbocycles. The van der Waals surface area contributed by atoms with E-state index in [2.05, 4.69) is 29.7 Å². The first-order chi connectivity index (χ1) is 9.72. The van der Waals surface area contributed by atoms with Gasteiger partial charge in [-0.25, -0.2) is 0 Å². The van der Waals surface area contributed by atoms with E-state index >= 15 is 0 Å². The van der Waals surface area contributed by atoms with Gasteiger partial charge in [0.1, 0.15) is 0 Å². The Morgan fingerprint density at radius 3 is 2.50 bits per heavy atom. The molecule has 3 atom stereocenters. The standard InChI is InChI=1S/C16H16Cl2N2/c17-14-8-4-7-11(15(14)18)16(20-19)13-9-12(13)10-5-2-1-3-6-10/h1-8,12-13,16,20H,9,19H2. The summed E-state index contributed by atoms with van der Waals surface area (Å²) in [5.74, 6) is 6.74. The van der Waals surface area contributed by atoms with Gasteiger partial charge in [0.25, 0.3) is 0 Å². The van der Waals surface area contributed by atoms with Gasteiger partial charge in [0.15, 0.2) is 0 Å². The second-order valence-corrected chi connectivity index (χ2v) is 5.99. The molecule has 0 radical (unpaired) electrons. The van der Waals surface area contributed by atoms with Gasteiger partial charge < -0.3 is 0 Å². The van der Waals surface area contributed by atoms with E-state index in [1.165, 1.54) is 5.56 Å². The van der Waals surface area contributed by atoms with Gasteiger partial charge >= 0.3 is 0 Å². The van der Waals surface area contributed by atoms with Crippen LogP contribution in [0.15, 0.2) is 48.5 Å². The first-order valence-corrected chi connectivity index (χ1v) is 7.43. The largest absolute Gasteiger partial charge is 0.271 e. The van der Waals surface area contributed by atoms with E-state index in [-0.39, 0.29) is 6.04 Å². The molecular formula is C16H16Cl2N2. The van der Waals surface area contributed by atoms with Crippen molar-refractivity contribution in [1.29, 1.82) is 0 Å². The second-order valence-electron chi connectivity index (χ2n) is 5.20. The molecule has 0 bridgehead atoms. The molecule has 0 saturated heterocycles. The number of nitrogens with two attached hydrogens (primary N) is 1. The third-order valence-corrected chi connectivity index (χ3v) is 4.83. The van der Waals surface area contributed by atoms with Gasteiger partial charge in [0.05, 0.1) is 16.1 Å². The Labute approximate surface area is 128 Å². The zero-order chi connectivity index (χ0) is 14.1. The minimum absolute atomic E-state index is 0.0337. The van der Waals surface area contributed by atoms with Gasteiger partial charge in [0, 0.05) is 0 Å². The predicted molar refractivity (Wildman–Crippen MR) is 83.8 cm³/mol. The van der Waals surface area contributed by atoms with Crippen molar-refractivity contribution in [2.24, 2.45) is 11.8 Å². The molecule has 1 fully saturated rings. The molecule has 3 rings (SSSR count). The Bertz CT molecular complexity index is 601. The van der Waals surface area contributed by atoms with E-state index in [0.717, 1.165) is 12.0 Å². The van der Waals surface area contributed by atoms with Gasteiger partial charge in [0.2, 0.25) is 0 Å². The first kappa shape index (κ1) is 13.9. The van der Waals surface area contributed by atoms with E-state index in [4.69, 9.17) is 29.0 Å². The molecule has 1 aliphatic carbocycles. The van der Waals surface area contributed by atoms with Crippen LogP contribution >= 0.6 is 23.2 Å². The van der Waals surface area contributed by atoms with Crippen molar-refractivity contribution in [1.82, 2.24) is 5.43 Å². The summed E-state index contributed by atoms with van der Waals surface area (Å²) in [5.41, 5.74) is 5.24. The van der Waals surface area contributed by atoms with Crippen molar-refractivity contribution < 1.29 is 0 Å². The average Bonchev–Trinajstić information content (AvgIpc) is 3.26. The molecule has 0 aliphatic heterocycles. The van der Waals surface area contributed by atoms with Crippen LogP contribution in [-0.2, 0) is 0 Å². The molecule has 0 spiro atoms. The van der Waals surface area contributed by atoms with Crippen molar-refractivity contribution in [2.45, 2.75) is 18.4 Å². The topological polar surface area (TPSA) is 38.0 Å². The molecule has 4 heteroatoms. The highest BCUT2D eigenvalue weighted by molar-refractivity contribution is 6.42. The summed E-state index contributed by atoms with van der Waals surface area (Å²) in [6.07, 6.45) is 1.11. The van der Waals surface area contributed by atoms with Crippen LogP contribution < -0.4 is 11.3 Å². The molecule has 104 valence electrons. The van der Waals surface area contributed by atoms with Crippen LogP contribution in [0.2, 0.25) is 10.0 Å². The van der Waals surface area contributed by atoms with Crippen molar-refractivity contribution in [3.05, 3.63) is 69.7 Å². The maximum absolute atomic E-state index is 6.30. The lowest BCUT2D eigenvalue weighted by atomic mass is 9.99. The van der Waals surface area contributed by atoms with Crippen LogP contribution in [0.5, 0.6) is 0 Å². The lowest BCUT2D eigenvalue weighted by Gasteiger charge is -2.18. The van der Waals surface area contributed by atoms with Crippen molar-refractivity contribution in [3.63, 3.8) is 0 Å². The minimum atomic E-state index is 0.0337.